The number of nitrogens with one attached hydrogen (secondary N) is 1. The number of hydrogen-bond acceptors (Lipinski definition) is 7. The van der Waals surface area contributed by atoms with Crippen LogP contribution in [-0.4, -0.2) is 54.1 Å². The summed E-state index contributed by atoms with van der Waals surface area (Å²) in [6, 6.07) is 2.94. The van der Waals surface area contributed by atoms with Crippen molar-refractivity contribution in [2.75, 3.05) is 25.1 Å². The van der Waals surface area contributed by atoms with E-state index in [1.807, 2.05) is 0 Å². The van der Waals surface area contributed by atoms with Crippen LogP contribution in [0, 0.1) is 10.1 Å². The first-order valence-electron chi connectivity index (χ1n) is 7.48. The minimum Gasteiger partial charge on any atom is -0.480 e. The molecule has 1 heterocycles. The number of methoxy groups -OCH3 is 1. The molecular formula is C15H17N3O7. The second-order valence-electron chi connectivity index (χ2n) is 5.41. The molecule has 1 saturated heterocycles. The van der Waals surface area contributed by atoms with E-state index in [2.05, 4.69) is 10.1 Å². The van der Waals surface area contributed by atoms with Crippen LogP contribution in [0.4, 0.5) is 11.4 Å². The molecule has 10 nitrogen and oxygen atoms in total. The number of nitrogens with zero attached hydrogens (tertiary/aromatic N) is 2. The lowest BCUT2D eigenvalue weighted by atomic mass is 10.1. The third-order valence-electron chi connectivity index (χ3n) is 3.90. The number of anilines is 1. The number of carbonyl (C=O) groups is 3. The molecule has 1 aliphatic heterocycles. The number of benzene rings is 1. The highest BCUT2D eigenvalue weighted by Crippen LogP contribution is 2.34. The van der Waals surface area contributed by atoms with Gasteiger partial charge in [-0.05, 0) is 25.0 Å². The summed E-state index contributed by atoms with van der Waals surface area (Å²) in [7, 11) is 1.17. The van der Waals surface area contributed by atoms with Gasteiger partial charge >= 0.3 is 11.9 Å². The van der Waals surface area contributed by atoms with Gasteiger partial charge in [0.2, 0.25) is 0 Å². The number of nitro groups is 1. The number of rotatable bonds is 6. The van der Waals surface area contributed by atoms with Gasteiger partial charge in [-0.3, -0.25) is 19.7 Å². The SMILES string of the molecule is COC(=O)CNC(=O)c1ccc(N2CCCC2C(=O)O)c([N+](=O)[O-])c1. The van der Waals surface area contributed by atoms with Gasteiger partial charge in [0, 0.05) is 18.2 Å². The number of nitro benzene ring substituents is 1. The van der Waals surface area contributed by atoms with Crippen molar-refractivity contribution in [3.05, 3.63) is 33.9 Å². The van der Waals surface area contributed by atoms with Gasteiger partial charge in [-0.1, -0.05) is 0 Å². The molecule has 0 aromatic heterocycles. The molecule has 1 aromatic carbocycles. The fraction of sp³-hybridized carbons (Fsp3) is 0.400. The topological polar surface area (TPSA) is 139 Å². The van der Waals surface area contributed by atoms with Crippen LogP contribution in [0.3, 0.4) is 0 Å². The Bertz CT molecular complexity index is 719. The van der Waals surface area contributed by atoms with Crippen LogP contribution in [0.2, 0.25) is 0 Å². The fourth-order valence-electron chi connectivity index (χ4n) is 2.69. The van der Waals surface area contributed by atoms with Gasteiger partial charge in [-0.15, -0.1) is 0 Å². The summed E-state index contributed by atoms with van der Waals surface area (Å²) in [5.74, 6) is -2.37. The Morgan fingerprint density at radius 2 is 2.16 bits per heavy atom. The van der Waals surface area contributed by atoms with Crippen molar-refractivity contribution in [2.45, 2.75) is 18.9 Å². The Morgan fingerprint density at radius 1 is 1.44 bits per heavy atom. The number of aliphatic carboxylic acids is 1. The predicted molar refractivity (Wildman–Crippen MR) is 85.4 cm³/mol. The van der Waals surface area contributed by atoms with Crippen LogP contribution in [0.1, 0.15) is 23.2 Å². The minimum atomic E-state index is -1.05. The molecule has 2 N–H and O–H groups in total. The molecule has 1 aromatic rings. The maximum absolute atomic E-state index is 12.0. The highest BCUT2D eigenvalue weighted by Gasteiger charge is 2.34. The number of carboxylic acid groups (broad SMARTS) is 1. The Hall–Kier alpha value is -3.17. The van der Waals surface area contributed by atoms with E-state index in [9.17, 15) is 29.6 Å². The van der Waals surface area contributed by atoms with Gasteiger partial charge in [0.05, 0.1) is 12.0 Å². The molecule has 0 radical (unpaired) electrons. The summed E-state index contributed by atoms with van der Waals surface area (Å²) in [4.78, 5) is 46.5. The summed E-state index contributed by atoms with van der Waals surface area (Å²) in [6.45, 7) is 0.0176. The Balaban J connectivity index is 2.29. The summed E-state index contributed by atoms with van der Waals surface area (Å²) in [6.07, 6.45) is 1.00. The highest BCUT2D eigenvalue weighted by molar-refractivity contribution is 5.97. The van der Waals surface area contributed by atoms with Crippen LogP contribution in [0.15, 0.2) is 18.2 Å². The molecule has 1 atom stereocenters. The van der Waals surface area contributed by atoms with Gasteiger partial charge < -0.3 is 20.1 Å². The Morgan fingerprint density at radius 3 is 2.76 bits per heavy atom. The molecule has 25 heavy (non-hydrogen) atoms. The average molecular weight is 351 g/mol. The molecule has 10 heteroatoms. The number of carbonyl (C=O) groups excluding carboxylic acids is 2. The van der Waals surface area contributed by atoms with Crippen molar-refractivity contribution in [3.8, 4) is 0 Å². The molecule has 134 valence electrons. The first kappa shape index (κ1) is 18.2. The van der Waals surface area contributed by atoms with Crippen LogP contribution in [0.25, 0.3) is 0 Å². The van der Waals surface area contributed by atoms with E-state index in [4.69, 9.17) is 0 Å². The van der Waals surface area contributed by atoms with E-state index < -0.39 is 28.8 Å². The molecule has 1 unspecified atom stereocenters. The maximum atomic E-state index is 12.0. The van der Waals surface area contributed by atoms with E-state index >= 15 is 0 Å². The molecular weight excluding hydrogens is 334 g/mol. The van der Waals surface area contributed by atoms with Crippen molar-refractivity contribution in [1.29, 1.82) is 0 Å². The van der Waals surface area contributed by atoms with Gasteiger partial charge in [-0.2, -0.15) is 0 Å². The van der Waals surface area contributed by atoms with Gasteiger partial charge in [-0.25, -0.2) is 4.79 Å². The standard InChI is InChI=1S/C15H17N3O7/c1-25-13(19)8-16-14(20)9-4-5-10(12(7-9)18(23)24)17-6-2-3-11(17)15(21)22/h4-5,7,11H,2-3,6,8H2,1H3,(H,16,20)(H,21,22). The summed E-state index contributed by atoms with van der Waals surface area (Å²) in [5.41, 5.74) is -0.219. The second kappa shape index (κ2) is 7.60. The van der Waals surface area contributed by atoms with Crippen molar-refractivity contribution in [1.82, 2.24) is 5.32 Å². The number of hydrogen-bond donors (Lipinski definition) is 2. The molecule has 0 saturated carbocycles. The molecule has 1 fully saturated rings. The van der Waals surface area contributed by atoms with Gasteiger partial charge in [0.1, 0.15) is 18.3 Å². The average Bonchev–Trinajstić information content (AvgIpc) is 3.08. The quantitative estimate of drug-likeness (QED) is 0.430. The maximum Gasteiger partial charge on any atom is 0.326 e. The third-order valence-corrected chi connectivity index (χ3v) is 3.90. The van der Waals surface area contributed by atoms with E-state index in [0.717, 1.165) is 6.07 Å². The lowest BCUT2D eigenvalue weighted by molar-refractivity contribution is -0.384. The van der Waals surface area contributed by atoms with E-state index in [1.165, 1.54) is 24.1 Å². The van der Waals surface area contributed by atoms with Crippen LogP contribution in [-0.2, 0) is 14.3 Å². The summed E-state index contributed by atoms with van der Waals surface area (Å²) < 4.78 is 4.40. The van der Waals surface area contributed by atoms with Crippen molar-refractivity contribution < 1.29 is 29.2 Å². The zero-order valence-corrected chi connectivity index (χ0v) is 13.4. The summed E-state index contributed by atoms with van der Waals surface area (Å²) in [5, 5.41) is 22.9. The highest BCUT2D eigenvalue weighted by atomic mass is 16.6. The Kier molecular flexibility index (Phi) is 5.52. The van der Waals surface area contributed by atoms with Crippen molar-refractivity contribution in [2.24, 2.45) is 0 Å². The molecule has 1 aliphatic rings. The molecule has 0 bridgehead atoms. The van der Waals surface area contributed by atoms with Crippen molar-refractivity contribution in [3.63, 3.8) is 0 Å². The van der Waals surface area contributed by atoms with E-state index in [1.54, 1.807) is 0 Å². The minimum absolute atomic E-state index is 0.00887. The number of amides is 1. The Labute approximate surface area is 142 Å². The lowest BCUT2D eigenvalue weighted by Crippen LogP contribution is -2.36. The zero-order valence-electron chi connectivity index (χ0n) is 13.4. The second-order valence-corrected chi connectivity index (χ2v) is 5.41. The van der Waals surface area contributed by atoms with E-state index in [0.29, 0.717) is 19.4 Å². The first-order valence-corrected chi connectivity index (χ1v) is 7.48. The van der Waals surface area contributed by atoms with Crippen LogP contribution >= 0.6 is 0 Å². The van der Waals surface area contributed by atoms with Crippen molar-refractivity contribution >= 4 is 29.2 Å². The smallest absolute Gasteiger partial charge is 0.326 e. The predicted octanol–water partition coefficient (Wildman–Crippen LogP) is 0.551. The number of esters is 1. The number of ether oxygens (including phenoxy) is 1. The normalized spacial score (nSPS) is 16.4. The largest absolute Gasteiger partial charge is 0.480 e. The van der Waals surface area contributed by atoms with E-state index in [-0.39, 0.29) is 23.5 Å². The first-order chi connectivity index (χ1) is 11.8. The molecule has 2 rings (SSSR count). The summed E-state index contributed by atoms with van der Waals surface area (Å²) >= 11 is 0. The lowest BCUT2D eigenvalue weighted by Gasteiger charge is -2.23. The monoisotopic (exact) mass is 351 g/mol. The van der Waals surface area contributed by atoms with Gasteiger partial charge in [0.25, 0.3) is 11.6 Å². The fourth-order valence-corrected chi connectivity index (χ4v) is 2.69. The molecule has 0 spiro atoms. The van der Waals surface area contributed by atoms with Gasteiger partial charge in [0.15, 0.2) is 0 Å². The molecule has 0 aliphatic carbocycles. The third kappa shape index (κ3) is 4.03. The zero-order chi connectivity index (χ0) is 18.6. The van der Waals surface area contributed by atoms with Crippen LogP contribution < -0.4 is 10.2 Å². The van der Waals surface area contributed by atoms with Crippen LogP contribution in [0.5, 0.6) is 0 Å². The molecule has 1 amide bonds. The number of carboxylic acids is 1.